The van der Waals surface area contributed by atoms with Crippen LogP contribution in [0.25, 0.3) is 0 Å². The molecule has 0 spiro atoms. The zero-order chi connectivity index (χ0) is 12.3. The highest BCUT2D eigenvalue weighted by atomic mass is 35.5. The van der Waals surface area contributed by atoms with Gasteiger partial charge in [0.15, 0.2) is 0 Å². The lowest BCUT2D eigenvalue weighted by atomic mass is 10.0. The molecule has 0 saturated carbocycles. The molecule has 0 aliphatic carbocycles. The van der Waals surface area contributed by atoms with Gasteiger partial charge in [-0.2, -0.15) is 0 Å². The van der Waals surface area contributed by atoms with Crippen molar-refractivity contribution < 1.29 is 4.79 Å². The van der Waals surface area contributed by atoms with Gasteiger partial charge in [-0.15, -0.1) is 11.6 Å². The highest BCUT2D eigenvalue weighted by Crippen LogP contribution is 2.32. The van der Waals surface area contributed by atoms with Crippen LogP contribution in [-0.4, -0.2) is 28.2 Å². The predicted octanol–water partition coefficient (Wildman–Crippen LogP) is 2.62. The molecule has 17 heavy (non-hydrogen) atoms. The molecular weight excluding hydrogens is 236 g/mol. The quantitative estimate of drug-likeness (QED) is 0.775. The van der Waals surface area contributed by atoms with Crippen molar-refractivity contribution in [1.29, 1.82) is 0 Å². The molecule has 1 fully saturated rings. The summed E-state index contributed by atoms with van der Waals surface area (Å²) in [6.45, 7) is 2.73. The lowest BCUT2D eigenvalue weighted by Gasteiger charge is -2.27. The molecule has 1 aliphatic rings. The van der Waals surface area contributed by atoms with Crippen molar-refractivity contribution in [2.24, 2.45) is 5.92 Å². The summed E-state index contributed by atoms with van der Waals surface area (Å²) in [4.78, 5) is 18.2. The normalized spacial score (nSPS) is 21.5. The van der Waals surface area contributed by atoms with Gasteiger partial charge in [0, 0.05) is 30.7 Å². The smallest absolute Gasteiger partial charge is 0.227 e. The van der Waals surface area contributed by atoms with E-state index in [0.29, 0.717) is 5.88 Å². The summed E-state index contributed by atoms with van der Waals surface area (Å²) in [7, 11) is 0. The van der Waals surface area contributed by atoms with E-state index in [9.17, 15) is 4.79 Å². The largest absolute Gasteiger partial charge is 0.335 e. The first-order valence-corrected chi connectivity index (χ1v) is 6.54. The molecule has 2 unspecified atom stereocenters. The van der Waals surface area contributed by atoms with Crippen LogP contribution in [-0.2, 0) is 4.79 Å². The summed E-state index contributed by atoms with van der Waals surface area (Å²) in [5.41, 5.74) is 1.17. The third-order valence-electron chi connectivity index (χ3n) is 3.28. The van der Waals surface area contributed by atoms with E-state index in [1.165, 1.54) is 5.56 Å². The van der Waals surface area contributed by atoms with Gasteiger partial charge in [0.25, 0.3) is 0 Å². The number of halogens is 1. The Morgan fingerprint density at radius 3 is 2.94 bits per heavy atom. The highest BCUT2D eigenvalue weighted by molar-refractivity contribution is 6.19. The summed E-state index contributed by atoms with van der Waals surface area (Å²) in [5.74, 6) is 0.455. The van der Waals surface area contributed by atoms with Gasteiger partial charge in [-0.05, 0) is 30.5 Å². The third kappa shape index (κ3) is 2.60. The number of aromatic nitrogens is 1. The maximum Gasteiger partial charge on any atom is 0.227 e. The Morgan fingerprint density at radius 2 is 2.29 bits per heavy atom. The van der Waals surface area contributed by atoms with Gasteiger partial charge in [-0.1, -0.05) is 6.92 Å². The molecule has 0 bridgehead atoms. The topological polar surface area (TPSA) is 33.2 Å². The summed E-state index contributed by atoms with van der Waals surface area (Å²) < 4.78 is 0. The zero-order valence-electron chi connectivity index (χ0n) is 9.97. The van der Waals surface area contributed by atoms with Gasteiger partial charge < -0.3 is 4.90 Å². The van der Waals surface area contributed by atoms with Crippen molar-refractivity contribution in [3.05, 3.63) is 30.1 Å². The number of pyridine rings is 1. The van der Waals surface area contributed by atoms with Gasteiger partial charge in [-0.25, -0.2) is 0 Å². The number of hydrogen-bond acceptors (Lipinski definition) is 2. The van der Waals surface area contributed by atoms with Crippen LogP contribution < -0.4 is 0 Å². The molecule has 1 amide bonds. The standard InChI is InChI=1S/C13H17ClN2O/c1-10(9-14)13(17)16-8-2-3-12(16)11-4-6-15-7-5-11/h4-7,10,12H,2-3,8-9H2,1H3. The number of hydrogen-bond donors (Lipinski definition) is 0. The molecule has 4 heteroatoms. The second-order valence-electron chi connectivity index (χ2n) is 4.53. The van der Waals surface area contributed by atoms with Crippen LogP contribution in [0.5, 0.6) is 0 Å². The lowest BCUT2D eigenvalue weighted by Crippen LogP contribution is -2.35. The number of rotatable bonds is 3. The highest BCUT2D eigenvalue weighted by Gasteiger charge is 2.31. The average molecular weight is 253 g/mol. The molecule has 3 nitrogen and oxygen atoms in total. The Morgan fingerprint density at radius 1 is 1.59 bits per heavy atom. The Balaban J connectivity index is 2.15. The van der Waals surface area contributed by atoms with Crippen molar-refractivity contribution in [3.63, 3.8) is 0 Å². The van der Waals surface area contributed by atoms with Gasteiger partial charge in [0.1, 0.15) is 0 Å². The van der Waals surface area contributed by atoms with Crippen LogP contribution in [0, 0.1) is 5.92 Å². The Labute approximate surface area is 107 Å². The van der Waals surface area contributed by atoms with E-state index < -0.39 is 0 Å². The third-order valence-corrected chi connectivity index (χ3v) is 3.74. The predicted molar refractivity (Wildman–Crippen MR) is 67.8 cm³/mol. The molecule has 1 saturated heterocycles. The van der Waals surface area contributed by atoms with Crippen LogP contribution >= 0.6 is 11.6 Å². The number of amides is 1. The summed E-state index contributed by atoms with van der Waals surface area (Å²) >= 11 is 5.76. The number of likely N-dealkylation sites (tertiary alicyclic amines) is 1. The van der Waals surface area contributed by atoms with Gasteiger partial charge >= 0.3 is 0 Å². The molecule has 1 aliphatic heterocycles. The van der Waals surface area contributed by atoms with E-state index in [2.05, 4.69) is 4.98 Å². The van der Waals surface area contributed by atoms with E-state index in [4.69, 9.17) is 11.6 Å². The van der Waals surface area contributed by atoms with E-state index in [-0.39, 0.29) is 17.9 Å². The number of carbonyl (C=O) groups is 1. The van der Waals surface area contributed by atoms with Crippen LogP contribution in [0.1, 0.15) is 31.4 Å². The molecule has 1 aromatic rings. The zero-order valence-corrected chi connectivity index (χ0v) is 10.7. The second kappa shape index (κ2) is 5.50. The second-order valence-corrected chi connectivity index (χ2v) is 4.83. The van der Waals surface area contributed by atoms with Crippen molar-refractivity contribution in [3.8, 4) is 0 Å². The van der Waals surface area contributed by atoms with Gasteiger partial charge in [0.2, 0.25) is 5.91 Å². The van der Waals surface area contributed by atoms with E-state index in [1.54, 1.807) is 12.4 Å². The first kappa shape index (κ1) is 12.4. The molecule has 92 valence electrons. The molecule has 2 rings (SSSR count). The maximum absolute atomic E-state index is 12.2. The summed E-state index contributed by atoms with van der Waals surface area (Å²) in [5, 5.41) is 0. The first-order valence-electron chi connectivity index (χ1n) is 6.00. The minimum absolute atomic E-state index is 0.0981. The fourth-order valence-corrected chi connectivity index (χ4v) is 2.44. The van der Waals surface area contributed by atoms with Crippen LogP contribution in [0.15, 0.2) is 24.5 Å². The Bertz CT molecular complexity index is 382. The maximum atomic E-state index is 12.2. The van der Waals surface area contributed by atoms with Gasteiger partial charge in [0.05, 0.1) is 6.04 Å². The number of carbonyl (C=O) groups excluding carboxylic acids is 1. The average Bonchev–Trinajstić information content (AvgIpc) is 2.87. The van der Waals surface area contributed by atoms with Crippen LogP contribution in [0.2, 0.25) is 0 Å². The monoisotopic (exact) mass is 252 g/mol. The van der Waals surface area contributed by atoms with E-state index in [0.717, 1.165) is 19.4 Å². The van der Waals surface area contributed by atoms with Crippen molar-refractivity contribution in [2.75, 3.05) is 12.4 Å². The SMILES string of the molecule is CC(CCl)C(=O)N1CCCC1c1ccncc1. The lowest BCUT2D eigenvalue weighted by molar-refractivity contribution is -0.135. The van der Waals surface area contributed by atoms with Crippen molar-refractivity contribution in [1.82, 2.24) is 9.88 Å². The molecule has 2 atom stereocenters. The Hall–Kier alpha value is -1.09. The molecule has 2 heterocycles. The Kier molecular flexibility index (Phi) is 4.00. The minimum Gasteiger partial charge on any atom is -0.335 e. The first-order chi connectivity index (χ1) is 8.24. The summed E-state index contributed by atoms with van der Waals surface area (Å²) in [6, 6.07) is 4.18. The molecule has 0 N–H and O–H groups in total. The fraction of sp³-hybridized carbons (Fsp3) is 0.538. The van der Waals surface area contributed by atoms with Crippen molar-refractivity contribution >= 4 is 17.5 Å². The van der Waals surface area contributed by atoms with Crippen LogP contribution in [0.4, 0.5) is 0 Å². The van der Waals surface area contributed by atoms with E-state index in [1.807, 2.05) is 24.0 Å². The number of alkyl halides is 1. The minimum atomic E-state index is -0.0981. The van der Waals surface area contributed by atoms with Crippen LogP contribution in [0.3, 0.4) is 0 Å². The van der Waals surface area contributed by atoms with Crippen molar-refractivity contribution in [2.45, 2.75) is 25.8 Å². The number of nitrogens with zero attached hydrogens (tertiary/aromatic N) is 2. The van der Waals surface area contributed by atoms with E-state index >= 15 is 0 Å². The molecule has 1 aromatic heterocycles. The fourth-order valence-electron chi connectivity index (χ4n) is 2.31. The molecule has 0 radical (unpaired) electrons. The molecular formula is C13H17ClN2O. The van der Waals surface area contributed by atoms with Gasteiger partial charge in [-0.3, -0.25) is 9.78 Å². The molecule has 0 aromatic carbocycles. The summed E-state index contributed by atoms with van der Waals surface area (Å²) in [6.07, 6.45) is 5.65.